The van der Waals surface area contributed by atoms with E-state index in [1.165, 1.54) is 22.7 Å². The Morgan fingerprint density at radius 1 is 1.27 bits per heavy atom. The normalized spacial score (nSPS) is 11.7. The summed E-state index contributed by atoms with van der Waals surface area (Å²) in [5.74, 6) is 0.137. The molecule has 3 aromatic rings. The second kappa shape index (κ2) is 8.29. The van der Waals surface area contributed by atoms with Crippen molar-refractivity contribution >= 4 is 44.8 Å². The fraction of sp³-hybridized carbons (Fsp3) is 0.278. The van der Waals surface area contributed by atoms with Gasteiger partial charge in [-0.15, -0.1) is 11.3 Å². The Morgan fingerprint density at radius 2 is 2.12 bits per heavy atom. The molecule has 0 unspecified atom stereocenters. The van der Waals surface area contributed by atoms with Gasteiger partial charge >= 0.3 is 5.97 Å². The van der Waals surface area contributed by atoms with Crippen molar-refractivity contribution in [2.45, 2.75) is 19.9 Å². The number of aryl methyl sites for hydroxylation is 1. The summed E-state index contributed by atoms with van der Waals surface area (Å²) in [4.78, 5) is 29.6. The molecule has 1 amide bonds. The summed E-state index contributed by atoms with van der Waals surface area (Å²) < 4.78 is 13.1. The molecule has 2 aromatic heterocycles. The molecule has 0 saturated heterocycles. The van der Waals surface area contributed by atoms with Gasteiger partial charge in [0.05, 0.1) is 35.2 Å². The fourth-order valence-electron chi connectivity index (χ4n) is 2.46. The Morgan fingerprint density at radius 3 is 2.81 bits per heavy atom. The van der Waals surface area contributed by atoms with Gasteiger partial charge in [0.25, 0.3) is 5.91 Å². The minimum atomic E-state index is -0.289. The smallest absolute Gasteiger partial charge is 0.307 e. The molecule has 8 heteroatoms. The molecule has 26 heavy (non-hydrogen) atoms. The van der Waals surface area contributed by atoms with Gasteiger partial charge in [0.2, 0.25) is 0 Å². The number of nitrogens with zero attached hydrogens (tertiary/aromatic N) is 2. The Balaban J connectivity index is 2.04. The van der Waals surface area contributed by atoms with E-state index in [0.29, 0.717) is 28.6 Å². The van der Waals surface area contributed by atoms with Crippen LogP contribution in [0.5, 0.6) is 5.75 Å². The predicted octanol–water partition coefficient (Wildman–Crippen LogP) is 3.47. The summed E-state index contributed by atoms with van der Waals surface area (Å²) in [5.41, 5.74) is 0.872. The number of ether oxygens (including phenoxy) is 2. The van der Waals surface area contributed by atoms with Gasteiger partial charge in [-0.05, 0) is 30.5 Å². The van der Waals surface area contributed by atoms with Crippen LogP contribution >= 0.6 is 22.7 Å². The number of thiazole rings is 1. The van der Waals surface area contributed by atoms with E-state index in [9.17, 15) is 9.59 Å². The molecule has 0 aliphatic heterocycles. The molecule has 2 heterocycles. The number of thiophene rings is 1. The van der Waals surface area contributed by atoms with Crippen molar-refractivity contribution in [3.05, 3.63) is 45.4 Å². The summed E-state index contributed by atoms with van der Waals surface area (Å²) in [7, 11) is 1.60. The van der Waals surface area contributed by atoms with Crippen LogP contribution in [0.25, 0.3) is 10.2 Å². The van der Waals surface area contributed by atoms with Gasteiger partial charge in [-0.2, -0.15) is 4.99 Å². The van der Waals surface area contributed by atoms with Crippen LogP contribution in [0.1, 0.15) is 23.0 Å². The van der Waals surface area contributed by atoms with E-state index in [4.69, 9.17) is 9.47 Å². The maximum atomic E-state index is 12.4. The number of fused-ring (bicyclic) bond motifs is 1. The number of hydrogen-bond donors (Lipinski definition) is 0. The molecule has 0 aliphatic carbocycles. The first kappa shape index (κ1) is 18.3. The second-order valence-electron chi connectivity index (χ2n) is 5.32. The van der Waals surface area contributed by atoms with Crippen molar-refractivity contribution in [2.24, 2.45) is 4.99 Å². The third kappa shape index (κ3) is 4.03. The second-order valence-corrected chi connectivity index (χ2v) is 7.28. The van der Waals surface area contributed by atoms with Crippen molar-refractivity contribution < 1.29 is 19.1 Å². The maximum Gasteiger partial charge on any atom is 0.307 e. The molecule has 0 bridgehead atoms. The average molecular weight is 390 g/mol. The number of hydrogen-bond acceptors (Lipinski definition) is 6. The first-order chi connectivity index (χ1) is 12.6. The lowest BCUT2D eigenvalue weighted by Gasteiger charge is -2.06. The SMILES string of the molecule is CCOC(=O)CCn1c(=NC(=O)c2cccs2)sc2ccc(OC)cc21. The third-order valence-corrected chi connectivity index (χ3v) is 5.58. The number of carbonyl (C=O) groups is 2. The molecule has 3 rings (SSSR count). The van der Waals surface area contributed by atoms with Gasteiger partial charge in [-0.1, -0.05) is 17.4 Å². The van der Waals surface area contributed by atoms with Gasteiger partial charge in [0.15, 0.2) is 4.80 Å². The standard InChI is InChI=1S/C18H18N2O4S2/c1-3-24-16(21)8-9-20-13-11-12(23-2)6-7-14(13)26-18(20)19-17(22)15-5-4-10-25-15/h4-7,10-11H,3,8-9H2,1-2H3. The molecular weight excluding hydrogens is 372 g/mol. The highest BCUT2D eigenvalue weighted by Gasteiger charge is 2.12. The number of benzene rings is 1. The first-order valence-electron chi connectivity index (χ1n) is 8.08. The number of esters is 1. The molecule has 1 aromatic carbocycles. The third-order valence-electron chi connectivity index (χ3n) is 3.66. The monoisotopic (exact) mass is 390 g/mol. The van der Waals surface area contributed by atoms with E-state index >= 15 is 0 Å². The van der Waals surface area contributed by atoms with Gasteiger partial charge in [-0.25, -0.2) is 0 Å². The van der Waals surface area contributed by atoms with E-state index in [-0.39, 0.29) is 18.3 Å². The fourth-order valence-corrected chi connectivity index (χ4v) is 4.10. The number of carbonyl (C=O) groups excluding carboxylic acids is 2. The van der Waals surface area contributed by atoms with Crippen molar-refractivity contribution in [3.8, 4) is 5.75 Å². The molecule has 0 spiro atoms. The summed E-state index contributed by atoms with van der Waals surface area (Å²) in [6, 6.07) is 9.23. The largest absolute Gasteiger partial charge is 0.497 e. The number of methoxy groups -OCH3 is 1. The minimum Gasteiger partial charge on any atom is -0.497 e. The highest BCUT2D eigenvalue weighted by atomic mass is 32.1. The zero-order valence-electron chi connectivity index (χ0n) is 14.4. The predicted molar refractivity (Wildman–Crippen MR) is 102 cm³/mol. The van der Waals surface area contributed by atoms with Crippen LogP contribution in [0.4, 0.5) is 0 Å². The lowest BCUT2D eigenvalue weighted by atomic mass is 10.3. The van der Waals surface area contributed by atoms with Gasteiger partial charge in [0, 0.05) is 12.6 Å². The minimum absolute atomic E-state index is 0.206. The lowest BCUT2D eigenvalue weighted by Crippen LogP contribution is -2.19. The summed E-state index contributed by atoms with van der Waals surface area (Å²) >= 11 is 2.76. The Bertz CT molecular complexity index is 986. The number of amides is 1. The van der Waals surface area contributed by atoms with E-state index < -0.39 is 0 Å². The average Bonchev–Trinajstić information content (AvgIpc) is 3.27. The highest BCUT2D eigenvalue weighted by Crippen LogP contribution is 2.23. The molecule has 0 N–H and O–H groups in total. The quantitative estimate of drug-likeness (QED) is 0.605. The molecule has 136 valence electrons. The molecular formula is C18H18N2O4S2. The van der Waals surface area contributed by atoms with Crippen molar-refractivity contribution in [3.63, 3.8) is 0 Å². The Labute approximate surface area is 158 Å². The van der Waals surface area contributed by atoms with Crippen LogP contribution in [0, 0.1) is 0 Å². The summed E-state index contributed by atoms with van der Waals surface area (Å²) in [6.07, 6.45) is 0.206. The van der Waals surface area contributed by atoms with Crippen LogP contribution in [-0.4, -0.2) is 30.2 Å². The number of rotatable bonds is 6. The van der Waals surface area contributed by atoms with Gasteiger partial charge < -0.3 is 14.0 Å². The Hall–Kier alpha value is -2.45. The topological polar surface area (TPSA) is 69.9 Å². The molecule has 0 atom stereocenters. The van der Waals surface area contributed by atoms with Crippen LogP contribution in [0.2, 0.25) is 0 Å². The molecule has 0 aliphatic rings. The van der Waals surface area contributed by atoms with E-state index in [0.717, 1.165) is 10.2 Å². The van der Waals surface area contributed by atoms with Crippen molar-refractivity contribution in [2.75, 3.05) is 13.7 Å². The van der Waals surface area contributed by atoms with E-state index in [2.05, 4.69) is 4.99 Å². The first-order valence-corrected chi connectivity index (χ1v) is 9.77. The van der Waals surface area contributed by atoms with Crippen molar-refractivity contribution in [1.82, 2.24) is 4.57 Å². The maximum absolute atomic E-state index is 12.4. The summed E-state index contributed by atoms with van der Waals surface area (Å²) in [6.45, 7) is 2.49. The zero-order valence-corrected chi connectivity index (χ0v) is 16.1. The van der Waals surface area contributed by atoms with Gasteiger partial charge in [-0.3, -0.25) is 9.59 Å². The summed E-state index contributed by atoms with van der Waals surface area (Å²) in [5, 5.41) is 1.84. The van der Waals surface area contributed by atoms with Crippen LogP contribution in [0.15, 0.2) is 40.7 Å². The van der Waals surface area contributed by atoms with Crippen molar-refractivity contribution in [1.29, 1.82) is 0 Å². The number of aromatic nitrogens is 1. The molecule has 0 radical (unpaired) electrons. The van der Waals surface area contributed by atoms with Crippen LogP contribution in [0.3, 0.4) is 0 Å². The van der Waals surface area contributed by atoms with E-state index in [1.54, 1.807) is 20.1 Å². The van der Waals surface area contributed by atoms with E-state index in [1.807, 2.05) is 34.2 Å². The zero-order chi connectivity index (χ0) is 18.5. The van der Waals surface area contributed by atoms with Gasteiger partial charge in [0.1, 0.15) is 5.75 Å². The highest BCUT2D eigenvalue weighted by molar-refractivity contribution is 7.16. The van der Waals surface area contributed by atoms with Crippen LogP contribution in [-0.2, 0) is 16.1 Å². The molecule has 6 nitrogen and oxygen atoms in total. The molecule has 0 fully saturated rings. The molecule has 0 saturated carbocycles. The lowest BCUT2D eigenvalue weighted by molar-refractivity contribution is -0.143. The van der Waals surface area contributed by atoms with Crippen LogP contribution < -0.4 is 9.54 Å². The Kier molecular flexibility index (Phi) is 5.85.